The van der Waals surface area contributed by atoms with Crippen molar-refractivity contribution < 1.29 is 16.8 Å². The normalized spacial score (nSPS) is 9.19. The minimum absolute atomic E-state index is 0. The maximum Gasteiger partial charge on any atom is 2.00 e. The van der Waals surface area contributed by atoms with Crippen LogP contribution in [0.25, 0.3) is 0 Å². The van der Waals surface area contributed by atoms with Crippen LogP contribution in [0.3, 0.4) is 0 Å². The Hall–Kier alpha value is -0.0735. The smallest absolute Gasteiger partial charge is 0.411 e. The third-order valence-electron chi connectivity index (χ3n) is 4.19. The Morgan fingerprint density at radius 3 is 1.41 bits per heavy atom. The predicted molar refractivity (Wildman–Crippen MR) is 155 cm³/mol. The van der Waals surface area contributed by atoms with Crippen LogP contribution in [0.4, 0.5) is 17.1 Å². The maximum absolute atomic E-state index is 5.73. The van der Waals surface area contributed by atoms with E-state index >= 15 is 0 Å². The van der Waals surface area contributed by atoms with Gasteiger partial charge in [-0.15, -0.1) is 23.2 Å². The van der Waals surface area contributed by atoms with E-state index in [1.807, 2.05) is 49.6 Å². The molecule has 0 heterocycles. The Bertz CT molecular complexity index is 608. The summed E-state index contributed by atoms with van der Waals surface area (Å²) in [5.74, 6) is 1.11. The van der Waals surface area contributed by atoms with Gasteiger partial charge in [0.15, 0.2) is 0 Å². The molecule has 0 atom stereocenters. The van der Waals surface area contributed by atoms with Gasteiger partial charge in [0, 0.05) is 56.7 Å². The molecule has 0 bridgehead atoms. The van der Waals surface area contributed by atoms with Crippen LogP contribution in [0.5, 0.6) is 0 Å². The van der Waals surface area contributed by atoms with E-state index in [4.69, 9.17) is 84.4 Å². The van der Waals surface area contributed by atoms with Gasteiger partial charge in [-0.05, 0) is 45.9 Å². The number of nitrogens with two attached hydrogens (primary N) is 2. The van der Waals surface area contributed by atoms with Crippen LogP contribution >= 0.6 is 47.6 Å². The first-order valence-corrected chi connectivity index (χ1v) is 12.8. The molecule has 0 fully saturated rings. The molecule has 32 heavy (non-hydrogen) atoms. The molecular formula is C20H35Cl2CoN5S4. The molecular weight excluding hydrogens is 568 g/mol. The summed E-state index contributed by atoms with van der Waals surface area (Å²) in [6.07, 6.45) is 0. The van der Waals surface area contributed by atoms with Gasteiger partial charge in [0.1, 0.15) is 0 Å². The van der Waals surface area contributed by atoms with Crippen LogP contribution in [0.1, 0.15) is 27.7 Å². The van der Waals surface area contributed by atoms with Crippen molar-refractivity contribution in [1.82, 2.24) is 9.80 Å². The Morgan fingerprint density at radius 1 is 0.812 bits per heavy atom. The molecule has 0 spiro atoms. The molecule has 1 radical (unpaired) electrons. The first kappa shape index (κ1) is 36.5. The maximum atomic E-state index is 5.73. The summed E-state index contributed by atoms with van der Waals surface area (Å²) in [6.45, 7) is 13.4. The molecule has 0 aliphatic heterocycles. The molecule has 4 N–H and O–H groups in total. The molecule has 0 aliphatic rings. The molecule has 187 valence electrons. The fourth-order valence-electron chi connectivity index (χ4n) is 2.30. The van der Waals surface area contributed by atoms with Crippen molar-refractivity contribution in [3.8, 4) is 0 Å². The molecule has 0 unspecified atom stereocenters. The number of hydrogen-bond acceptors (Lipinski definition) is 7. The van der Waals surface area contributed by atoms with Gasteiger partial charge in [-0.2, -0.15) is 0 Å². The minimum Gasteiger partial charge on any atom is -0.411 e. The van der Waals surface area contributed by atoms with E-state index in [1.54, 1.807) is 6.07 Å². The van der Waals surface area contributed by atoms with E-state index < -0.39 is 0 Å². The van der Waals surface area contributed by atoms with E-state index in [0.717, 1.165) is 45.0 Å². The average Bonchev–Trinajstić information content (AvgIpc) is 2.72. The second-order valence-corrected chi connectivity index (χ2v) is 8.87. The van der Waals surface area contributed by atoms with Crippen molar-refractivity contribution in [1.29, 1.82) is 0 Å². The van der Waals surface area contributed by atoms with Crippen molar-refractivity contribution in [3.63, 3.8) is 0 Å². The molecule has 1 aromatic rings. The van der Waals surface area contributed by atoms with Crippen LogP contribution in [0.2, 0.25) is 0 Å². The molecule has 0 saturated heterocycles. The quantitative estimate of drug-likeness (QED) is 0.185. The number of anilines is 3. The summed E-state index contributed by atoms with van der Waals surface area (Å²) < 4.78 is 1.16. The molecule has 0 amide bonds. The summed E-state index contributed by atoms with van der Waals surface area (Å²) in [5.41, 5.74) is 13.6. The predicted octanol–water partition coefficient (Wildman–Crippen LogP) is 4.45. The first-order chi connectivity index (χ1) is 14.6. The van der Waals surface area contributed by atoms with Gasteiger partial charge in [0.2, 0.25) is 0 Å². The topological polar surface area (TPSA) is 61.8 Å². The summed E-state index contributed by atoms with van der Waals surface area (Å²) in [4.78, 5) is 6.01. The second kappa shape index (κ2) is 22.7. The van der Waals surface area contributed by atoms with Crippen LogP contribution in [0, 0.1) is 0 Å². The summed E-state index contributed by atoms with van der Waals surface area (Å²) in [7, 11) is 0. The zero-order chi connectivity index (χ0) is 24.4. The first-order valence-electron chi connectivity index (χ1n) is 10.1. The number of alkyl halides is 2. The van der Waals surface area contributed by atoms with E-state index in [1.165, 1.54) is 0 Å². The largest absolute Gasteiger partial charge is 2.00 e. The molecule has 12 heteroatoms. The van der Waals surface area contributed by atoms with Crippen molar-refractivity contribution in [2.75, 3.05) is 67.4 Å². The van der Waals surface area contributed by atoms with Gasteiger partial charge in [0.25, 0.3) is 0 Å². The Labute approximate surface area is 236 Å². The fourth-order valence-corrected chi connectivity index (χ4v) is 3.74. The van der Waals surface area contributed by atoms with Crippen molar-refractivity contribution in [3.05, 3.63) is 18.2 Å². The molecule has 5 nitrogen and oxygen atoms in total. The fraction of sp³-hybridized carbons (Fsp3) is 0.600. The minimum atomic E-state index is 0. The molecule has 1 rings (SSSR count). The summed E-state index contributed by atoms with van der Waals surface area (Å²) in [5, 5.41) is 0. The second-order valence-electron chi connectivity index (χ2n) is 6.05. The standard InChI is InChI=1S/C10H15Cl2N3.2C5H11NS2.Co/c11-3-5-15(6-4-12)8-1-2-9(13)10(14)7-8;2*1-3-6(4-2)5(7)8;/h1-2,7H,3-6,13-14H2;2*3-4H2,1-2H3,(H,7,8);/q;;;+2/p-2. The third-order valence-corrected chi connectivity index (χ3v) is 5.56. The number of benzene rings is 1. The number of rotatable bonds is 9. The van der Waals surface area contributed by atoms with Crippen LogP contribution in [0.15, 0.2) is 18.2 Å². The summed E-state index contributed by atoms with van der Waals surface area (Å²) >= 11 is 30.4. The van der Waals surface area contributed by atoms with E-state index in [-0.39, 0.29) is 16.8 Å². The number of nitrogens with zero attached hydrogens (tertiary/aromatic N) is 3. The van der Waals surface area contributed by atoms with E-state index in [0.29, 0.717) is 31.8 Å². The molecule has 0 aliphatic carbocycles. The van der Waals surface area contributed by atoms with Crippen molar-refractivity contribution in [2.45, 2.75) is 27.7 Å². The average molecular weight is 604 g/mol. The number of thiocarbonyl (C=S) groups is 2. The van der Waals surface area contributed by atoms with Gasteiger partial charge < -0.3 is 75.9 Å². The van der Waals surface area contributed by atoms with Gasteiger partial charge in [-0.25, -0.2) is 0 Å². The number of halogens is 2. The zero-order valence-corrected chi connectivity index (χ0v) is 24.9. The van der Waals surface area contributed by atoms with Crippen molar-refractivity contribution in [2.24, 2.45) is 0 Å². The SMILES string of the molecule is CCN(CC)C(=S)[S-].CCN(CC)C(=S)[S-].Nc1ccc(N(CCCl)CCCl)cc1N.[Co+2]. The summed E-state index contributed by atoms with van der Waals surface area (Å²) in [6, 6.07) is 5.55. The third kappa shape index (κ3) is 16.5. The van der Waals surface area contributed by atoms with Crippen LogP contribution in [-0.2, 0) is 42.0 Å². The monoisotopic (exact) mass is 602 g/mol. The molecule has 1 aromatic carbocycles. The van der Waals surface area contributed by atoms with Gasteiger partial charge >= 0.3 is 16.8 Å². The molecule has 0 aromatic heterocycles. The Balaban J connectivity index is -0.000000425. The number of hydrogen-bond donors (Lipinski definition) is 2. The van der Waals surface area contributed by atoms with Gasteiger partial charge in [-0.3, -0.25) is 0 Å². The van der Waals surface area contributed by atoms with Crippen LogP contribution < -0.4 is 16.4 Å². The van der Waals surface area contributed by atoms with Crippen molar-refractivity contribution >= 4 is 98.6 Å². The van der Waals surface area contributed by atoms with Gasteiger partial charge in [-0.1, -0.05) is 8.64 Å². The molecule has 0 saturated carbocycles. The zero-order valence-electron chi connectivity index (χ0n) is 19.1. The van der Waals surface area contributed by atoms with E-state index in [9.17, 15) is 0 Å². The van der Waals surface area contributed by atoms with E-state index in [2.05, 4.69) is 4.90 Å². The van der Waals surface area contributed by atoms with Crippen LogP contribution in [-0.4, -0.2) is 69.5 Å². The van der Waals surface area contributed by atoms with Gasteiger partial charge in [0.05, 0.1) is 11.4 Å². The Morgan fingerprint density at radius 2 is 1.19 bits per heavy atom. The number of nitrogen functional groups attached to an aromatic ring is 2. The Kier molecular flexibility index (Phi) is 25.9.